The number of nitrogens with zero attached hydrogens (tertiary/aromatic N) is 2. The fourth-order valence-electron chi connectivity index (χ4n) is 3.46. The maximum Gasteiger partial charge on any atom is 0.272 e. The quantitative estimate of drug-likeness (QED) is 0.829. The van der Waals surface area contributed by atoms with Crippen LogP contribution in [0, 0.1) is 11.8 Å². The van der Waals surface area contributed by atoms with Crippen LogP contribution in [0.15, 0.2) is 18.2 Å². The summed E-state index contributed by atoms with van der Waals surface area (Å²) in [7, 11) is 0. The van der Waals surface area contributed by atoms with Crippen molar-refractivity contribution in [1.82, 2.24) is 9.88 Å². The Balaban J connectivity index is 0.000000847. The molecule has 2 fully saturated rings. The summed E-state index contributed by atoms with van der Waals surface area (Å²) in [6.45, 7) is 8.06. The van der Waals surface area contributed by atoms with Gasteiger partial charge in [-0.15, -0.1) is 0 Å². The zero-order chi connectivity index (χ0) is 15.9. The van der Waals surface area contributed by atoms with Gasteiger partial charge in [0.15, 0.2) is 0 Å². The first-order valence-electron chi connectivity index (χ1n) is 9.01. The Labute approximate surface area is 135 Å². The van der Waals surface area contributed by atoms with Gasteiger partial charge in [-0.2, -0.15) is 0 Å². The Kier molecular flexibility index (Phi) is 6.41. The van der Waals surface area contributed by atoms with Crippen molar-refractivity contribution < 1.29 is 4.79 Å². The molecule has 1 amide bonds. The molecule has 0 spiro atoms. The van der Waals surface area contributed by atoms with Crippen molar-refractivity contribution in [1.29, 1.82) is 0 Å². The van der Waals surface area contributed by atoms with Crippen LogP contribution in [0.5, 0.6) is 0 Å². The summed E-state index contributed by atoms with van der Waals surface area (Å²) in [5, 5.41) is 0. The molecule has 2 aliphatic rings. The van der Waals surface area contributed by atoms with Gasteiger partial charge in [0, 0.05) is 18.8 Å². The molecule has 1 aliphatic heterocycles. The van der Waals surface area contributed by atoms with Crippen molar-refractivity contribution >= 4 is 5.91 Å². The number of carbonyl (C=O) groups excluding carboxylic acids is 1. The minimum Gasteiger partial charge on any atom is -0.337 e. The average molecular weight is 302 g/mol. The Morgan fingerprint density at radius 3 is 2.50 bits per heavy atom. The highest BCUT2D eigenvalue weighted by Crippen LogP contribution is 2.37. The molecule has 22 heavy (non-hydrogen) atoms. The molecule has 0 radical (unpaired) electrons. The van der Waals surface area contributed by atoms with Crippen molar-refractivity contribution in [3.63, 3.8) is 0 Å². The van der Waals surface area contributed by atoms with E-state index in [0.717, 1.165) is 49.9 Å². The zero-order valence-electron chi connectivity index (χ0n) is 14.3. The topological polar surface area (TPSA) is 33.2 Å². The van der Waals surface area contributed by atoms with Gasteiger partial charge in [0.25, 0.3) is 5.91 Å². The summed E-state index contributed by atoms with van der Waals surface area (Å²) in [6.07, 6.45) is 7.28. The van der Waals surface area contributed by atoms with Crippen molar-refractivity contribution in [3.8, 4) is 0 Å². The molecule has 3 heteroatoms. The smallest absolute Gasteiger partial charge is 0.272 e. The van der Waals surface area contributed by atoms with Gasteiger partial charge in [0.1, 0.15) is 5.69 Å². The lowest BCUT2D eigenvalue weighted by Crippen LogP contribution is -2.29. The van der Waals surface area contributed by atoms with E-state index in [1.54, 1.807) is 0 Å². The van der Waals surface area contributed by atoms with Gasteiger partial charge in [-0.25, -0.2) is 4.98 Å². The number of aromatic nitrogens is 1. The Morgan fingerprint density at radius 2 is 1.86 bits per heavy atom. The van der Waals surface area contributed by atoms with Gasteiger partial charge in [-0.05, 0) is 56.1 Å². The highest BCUT2D eigenvalue weighted by molar-refractivity contribution is 5.92. The Hall–Kier alpha value is -1.38. The summed E-state index contributed by atoms with van der Waals surface area (Å²) in [5.74, 6) is 1.82. The summed E-state index contributed by atoms with van der Waals surface area (Å²) in [6, 6.07) is 5.92. The SMILES string of the molecule is CC.CCC1CC(Cc2cccc(C(=O)N3CCCC3)n2)C1. The molecular formula is C19H30N2O. The van der Waals surface area contributed by atoms with Crippen LogP contribution in [-0.4, -0.2) is 28.9 Å². The molecule has 1 saturated heterocycles. The fourth-order valence-corrected chi connectivity index (χ4v) is 3.46. The van der Waals surface area contributed by atoms with Crippen LogP contribution in [0.25, 0.3) is 0 Å². The van der Waals surface area contributed by atoms with E-state index in [1.165, 1.54) is 19.3 Å². The first-order chi connectivity index (χ1) is 10.8. The molecule has 1 saturated carbocycles. The largest absolute Gasteiger partial charge is 0.337 e. The number of carbonyl (C=O) groups is 1. The van der Waals surface area contributed by atoms with Gasteiger partial charge in [-0.3, -0.25) is 4.79 Å². The molecule has 0 aromatic carbocycles. The molecular weight excluding hydrogens is 272 g/mol. The number of amides is 1. The lowest BCUT2D eigenvalue weighted by molar-refractivity contribution is 0.0786. The first kappa shape index (κ1) is 17.0. The van der Waals surface area contributed by atoms with E-state index in [-0.39, 0.29) is 5.91 Å². The molecule has 0 N–H and O–H groups in total. The highest BCUT2D eigenvalue weighted by atomic mass is 16.2. The van der Waals surface area contributed by atoms with Gasteiger partial charge in [-0.1, -0.05) is 33.3 Å². The third-order valence-corrected chi connectivity index (χ3v) is 4.83. The molecule has 1 aliphatic carbocycles. The van der Waals surface area contributed by atoms with Crippen LogP contribution in [-0.2, 0) is 6.42 Å². The molecule has 122 valence electrons. The van der Waals surface area contributed by atoms with Crippen LogP contribution in [0.1, 0.15) is 69.1 Å². The second-order valence-electron chi connectivity index (χ2n) is 6.33. The maximum atomic E-state index is 12.3. The molecule has 2 heterocycles. The monoisotopic (exact) mass is 302 g/mol. The van der Waals surface area contributed by atoms with Crippen LogP contribution in [0.3, 0.4) is 0 Å². The van der Waals surface area contributed by atoms with E-state index in [1.807, 2.05) is 30.9 Å². The molecule has 3 nitrogen and oxygen atoms in total. The predicted octanol–water partition coefficient (Wildman–Crippen LogP) is 4.32. The van der Waals surface area contributed by atoms with Gasteiger partial charge < -0.3 is 4.90 Å². The zero-order valence-corrected chi connectivity index (χ0v) is 14.3. The van der Waals surface area contributed by atoms with Gasteiger partial charge in [0.05, 0.1) is 0 Å². The average Bonchev–Trinajstić information content (AvgIpc) is 3.06. The summed E-state index contributed by atoms with van der Waals surface area (Å²) >= 11 is 0. The van der Waals surface area contributed by atoms with E-state index < -0.39 is 0 Å². The number of hydrogen-bond donors (Lipinski definition) is 0. The van der Waals surface area contributed by atoms with E-state index in [2.05, 4.69) is 18.0 Å². The number of likely N-dealkylation sites (tertiary alicyclic amines) is 1. The van der Waals surface area contributed by atoms with Crippen molar-refractivity contribution in [3.05, 3.63) is 29.6 Å². The number of hydrogen-bond acceptors (Lipinski definition) is 2. The summed E-state index contributed by atoms with van der Waals surface area (Å²) in [4.78, 5) is 18.9. The molecule has 0 bridgehead atoms. The molecule has 0 unspecified atom stereocenters. The van der Waals surface area contributed by atoms with Gasteiger partial charge in [0.2, 0.25) is 0 Å². The van der Waals surface area contributed by atoms with Crippen LogP contribution < -0.4 is 0 Å². The maximum absolute atomic E-state index is 12.3. The third kappa shape index (κ3) is 4.08. The predicted molar refractivity (Wildman–Crippen MR) is 90.9 cm³/mol. The fraction of sp³-hybridized carbons (Fsp3) is 0.684. The van der Waals surface area contributed by atoms with E-state index in [4.69, 9.17) is 0 Å². The normalized spacial score (nSPS) is 23.5. The first-order valence-corrected chi connectivity index (χ1v) is 9.01. The number of rotatable bonds is 4. The second-order valence-corrected chi connectivity index (χ2v) is 6.33. The molecule has 1 aromatic rings. The molecule has 1 aromatic heterocycles. The van der Waals surface area contributed by atoms with Crippen LogP contribution >= 0.6 is 0 Å². The lowest BCUT2D eigenvalue weighted by atomic mass is 9.71. The van der Waals surface area contributed by atoms with Crippen molar-refractivity contribution in [2.45, 2.75) is 59.3 Å². The van der Waals surface area contributed by atoms with Gasteiger partial charge >= 0.3 is 0 Å². The van der Waals surface area contributed by atoms with E-state index in [9.17, 15) is 4.79 Å². The minimum absolute atomic E-state index is 0.115. The Bertz CT molecular complexity index is 474. The van der Waals surface area contributed by atoms with E-state index in [0.29, 0.717) is 5.69 Å². The van der Waals surface area contributed by atoms with Crippen molar-refractivity contribution in [2.24, 2.45) is 11.8 Å². The second kappa shape index (κ2) is 8.30. The third-order valence-electron chi connectivity index (χ3n) is 4.83. The van der Waals surface area contributed by atoms with Crippen molar-refractivity contribution in [2.75, 3.05) is 13.1 Å². The molecule has 3 rings (SSSR count). The standard InChI is InChI=1S/C17H24N2O.C2H6/c1-2-13-10-14(11-13)12-15-6-5-7-16(18-15)17(20)19-8-3-4-9-19;1-2/h5-7,13-14H,2-4,8-12H2,1H3;1-2H3. The van der Waals surface area contributed by atoms with Crippen LogP contribution in [0.2, 0.25) is 0 Å². The highest BCUT2D eigenvalue weighted by Gasteiger charge is 2.28. The summed E-state index contributed by atoms with van der Waals surface area (Å²) in [5.41, 5.74) is 1.73. The lowest BCUT2D eigenvalue weighted by Gasteiger charge is -2.34. The summed E-state index contributed by atoms with van der Waals surface area (Å²) < 4.78 is 0. The Morgan fingerprint density at radius 1 is 1.18 bits per heavy atom. The van der Waals surface area contributed by atoms with Crippen LogP contribution in [0.4, 0.5) is 0 Å². The number of pyridine rings is 1. The minimum atomic E-state index is 0.115. The molecule has 0 atom stereocenters. The van der Waals surface area contributed by atoms with E-state index >= 15 is 0 Å².